The predicted molar refractivity (Wildman–Crippen MR) is 53.5 cm³/mol. The number of benzene rings is 1. The number of nitrogens with zero attached hydrogens (tertiary/aromatic N) is 5. The average molecular weight is 255 g/mol. The van der Waals surface area contributed by atoms with Crippen molar-refractivity contribution in [1.29, 1.82) is 0 Å². The van der Waals surface area contributed by atoms with Crippen molar-refractivity contribution >= 4 is 6.01 Å². The minimum absolute atomic E-state index is 0.0221. The van der Waals surface area contributed by atoms with Crippen molar-refractivity contribution in [3.05, 3.63) is 40.3 Å². The van der Waals surface area contributed by atoms with E-state index in [-0.39, 0.29) is 11.9 Å². The van der Waals surface area contributed by atoms with Gasteiger partial charge in [0.15, 0.2) is 0 Å². The molecule has 0 atom stereocenters. The van der Waals surface area contributed by atoms with Gasteiger partial charge >= 0.3 is 12.2 Å². The highest BCUT2D eigenvalue weighted by Crippen LogP contribution is 2.31. The van der Waals surface area contributed by atoms with Crippen LogP contribution in [0.2, 0.25) is 0 Å². The van der Waals surface area contributed by atoms with Crippen LogP contribution >= 0.6 is 0 Å². The Bertz CT molecular complexity index is 597. The van der Waals surface area contributed by atoms with Gasteiger partial charge in [0, 0.05) is 15.6 Å². The van der Waals surface area contributed by atoms with Crippen LogP contribution in [0, 0.1) is 0 Å². The Balaban J connectivity index is 2.31. The monoisotopic (exact) mass is 255 g/mol. The first-order chi connectivity index (χ1) is 8.50. The summed E-state index contributed by atoms with van der Waals surface area (Å²) in [4.78, 5) is 2.44. The van der Waals surface area contributed by atoms with E-state index in [2.05, 4.69) is 20.2 Å². The first-order valence-corrected chi connectivity index (χ1v) is 4.57. The molecule has 0 aliphatic carbocycles. The van der Waals surface area contributed by atoms with Crippen LogP contribution in [0.5, 0.6) is 0 Å². The summed E-state index contributed by atoms with van der Waals surface area (Å²) in [5.74, 6) is -0.0221. The van der Waals surface area contributed by atoms with E-state index in [1.807, 2.05) is 0 Å². The summed E-state index contributed by atoms with van der Waals surface area (Å²) in [7, 11) is 0. The van der Waals surface area contributed by atoms with E-state index < -0.39 is 11.7 Å². The van der Waals surface area contributed by atoms with E-state index in [1.54, 1.807) is 0 Å². The fraction of sp³-hybridized carbons (Fsp3) is 0.111. The van der Waals surface area contributed by atoms with Crippen molar-refractivity contribution in [2.24, 2.45) is 5.11 Å². The zero-order valence-electron chi connectivity index (χ0n) is 8.59. The molecular weight excluding hydrogens is 251 g/mol. The van der Waals surface area contributed by atoms with Gasteiger partial charge in [0.1, 0.15) is 0 Å². The number of hydrogen-bond acceptors (Lipinski definition) is 4. The molecule has 9 heteroatoms. The second kappa shape index (κ2) is 4.38. The number of azide groups is 1. The van der Waals surface area contributed by atoms with Gasteiger partial charge in [-0.25, -0.2) is 0 Å². The SMILES string of the molecule is [N-]=[N+]=Nc1nnc(-c2ccc(C(F)(F)F)cc2)o1. The zero-order chi connectivity index (χ0) is 13.2. The van der Waals surface area contributed by atoms with Crippen LogP contribution in [0.25, 0.3) is 21.9 Å². The Kier molecular flexibility index (Phi) is 2.90. The molecule has 92 valence electrons. The van der Waals surface area contributed by atoms with Crippen molar-refractivity contribution in [3.8, 4) is 11.5 Å². The van der Waals surface area contributed by atoms with Gasteiger partial charge in [-0.3, -0.25) is 0 Å². The molecule has 0 bridgehead atoms. The number of halogens is 3. The summed E-state index contributed by atoms with van der Waals surface area (Å²) in [5.41, 5.74) is 7.65. The lowest BCUT2D eigenvalue weighted by Gasteiger charge is -2.05. The first-order valence-electron chi connectivity index (χ1n) is 4.57. The predicted octanol–water partition coefficient (Wildman–Crippen LogP) is 3.70. The van der Waals surface area contributed by atoms with Gasteiger partial charge in [0.2, 0.25) is 5.89 Å². The molecule has 2 rings (SSSR count). The molecule has 0 saturated carbocycles. The lowest BCUT2D eigenvalue weighted by molar-refractivity contribution is -0.137. The summed E-state index contributed by atoms with van der Waals surface area (Å²) in [6.07, 6.45) is -4.40. The molecule has 0 amide bonds. The van der Waals surface area contributed by atoms with E-state index in [4.69, 9.17) is 9.95 Å². The third-order valence-corrected chi connectivity index (χ3v) is 2.00. The molecule has 0 fully saturated rings. The van der Waals surface area contributed by atoms with E-state index in [0.717, 1.165) is 12.1 Å². The fourth-order valence-corrected chi connectivity index (χ4v) is 1.21. The highest BCUT2D eigenvalue weighted by molar-refractivity contribution is 5.53. The van der Waals surface area contributed by atoms with Crippen LogP contribution in [0.1, 0.15) is 5.56 Å². The highest BCUT2D eigenvalue weighted by atomic mass is 19.4. The molecule has 0 spiro atoms. The van der Waals surface area contributed by atoms with Crippen LogP contribution in [-0.4, -0.2) is 10.2 Å². The normalized spacial score (nSPS) is 11.1. The molecule has 1 heterocycles. The van der Waals surface area contributed by atoms with Crippen molar-refractivity contribution in [2.75, 3.05) is 0 Å². The van der Waals surface area contributed by atoms with E-state index in [0.29, 0.717) is 5.56 Å². The fourth-order valence-electron chi connectivity index (χ4n) is 1.21. The van der Waals surface area contributed by atoms with E-state index in [1.165, 1.54) is 12.1 Å². The molecule has 0 saturated heterocycles. The molecule has 0 N–H and O–H groups in total. The topological polar surface area (TPSA) is 87.7 Å². The Morgan fingerprint density at radius 3 is 2.39 bits per heavy atom. The molecule has 1 aromatic carbocycles. The van der Waals surface area contributed by atoms with Crippen molar-refractivity contribution in [1.82, 2.24) is 10.2 Å². The molecule has 0 aliphatic heterocycles. The number of rotatable bonds is 2. The number of hydrogen-bond donors (Lipinski definition) is 0. The average Bonchev–Trinajstić information content (AvgIpc) is 2.77. The standard InChI is InChI=1S/C9H4F3N5O/c10-9(11,12)6-3-1-5(2-4-6)7-14-15-8(18-7)16-17-13/h1-4H. The van der Waals surface area contributed by atoms with Crippen LogP contribution in [0.15, 0.2) is 33.8 Å². The van der Waals surface area contributed by atoms with Gasteiger partial charge in [-0.2, -0.15) is 13.2 Å². The summed E-state index contributed by atoms with van der Waals surface area (Å²) in [6, 6.07) is 3.87. The summed E-state index contributed by atoms with van der Waals surface area (Å²) in [5, 5.41) is 10.00. The van der Waals surface area contributed by atoms with Crippen LogP contribution in [0.4, 0.5) is 19.2 Å². The van der Waals surface area contributed by atoms with Gasteiger partial charge in [-0.15, -0.1) is 10.2 Å². The molecule has 2 aromatic rings. The van der Waals surface area contributed by atoms with E-state index in [9.17, 15) is 13.2 Å². The quantitative estimate of drug-likeness (QED) is 0.465. The molecular formula is C9H4F3N5O. The van der Waals surface area contributed by atoms with Gasteiger partial charge < -0.3 is 4.42 Å². The Labute approximate surface area is 97.7 Å². The largest absolute Gasteiger partial charge is 0.416 e. The third kappa shape index (κ3) is 2.41. The molecule has 0 unspecified atom stereocenters. The Morgan fingerprint density at radius 1 is 1.17 bits per heavy atom. The third-order valence-electron chi connectivity index (χ3n) is 2.00. The highest BCUT2D eigenvalue weighted by Gasteiger charge is 2.30. The van der Waals surface area contributed by atoms with E-state index >= 15 is 0 Å². The second-order valence-electron chi connectivity index (χ2n) is 3.15. The van der Waals surface area contributed by atoms with Gasteiger partial charge in [0.05, 0.1) is 5.56 Å². The van der Waals surface area contributed by atoms with Crippen molar-refractivity contribution in [2.45, 2.75) is 6.18 Å². The van der Waals surface area contributed by atoms with Gasteiger partial charge in [0.25, 0.3) is 0 Å². The second-order valence-corrected chi connectivity index (χ2v) is 3.15. The van der Waals surface area contributed by atoms with Gasteiger partial charge in [-0.05, 0) is 29.8 Å². The molecule has 0 radical (unpaired) electrons. The summed E-state index contributed by atoms with van der Waals surface area (Å²) in [6.45, 7) is 0. The minimum Gasteiger partial charge on any atom is -0.415 e. The maximum atomic E-state index is 12.3. The van der Waals surface area contributed by atoms with Crippen LogP contribution < -0.4 is 0 Å². The van der Waals surface area contributed by atoms with Crippen molar-refractivity contribution < 1.29 is 17.6 Å². The molecule has 18 heavy (non-hydrogen) atoms. The van der Waals surface area contributed by atoms with Gasteiger partial charge in [-0.1, -0.05) is 0 Å². The minimum atomic E-state index is -4.40. The summed E-state index contributed by atoms with van der Waals surface area (Å²) < 4.78 is 41.9. The maximum Gasteiger partial charge on any atom is 0.416 e. The zero-order valence-corrected chi connectivity index (χ0v) is 8.59. The molecule has 0 aliphatic rings. The summed E-state index contributed by atoms with van der Waals surface area (Å²) >= 11 is 0. The van der Waals surface area contributed by atoms with Crippen LogP contribution in [0.3, 0.4) is 0 Å². The Hall–Kier alpha value is -2.54. The lowest BCUT2D eigenvalue weighted by atomic mass is 10.1. The lowest BCUT2D eigenvalue weighted by Crippen LogP contribution is -2.03. The maximum absolute atomic E-state index is 12.3. The molecule has 1 aromatic heterocycles. The number of alkyl halides is 3. The number of aromatic nitrogens is 2. The first kappa shape index (κ1) is 11.9. The van der Waals surface area contributed by atoms with Crippen LogP contribution in [-0.2, 0) is 6.18 Å². The smallest absolute Gasteiger partial charge is 0.415 e. The molecule has 6 nitrogen and oxygen atoms in total. The Morgan fingerprint density at radius 2 is 1.83 bits per heavy atom. The van der Waals surface area contributed by atoms with Crippen molar-refractivity contribution in [3.63, 3.8) is 0 Å².